The molecule has 0 fully saturated rings. The average Bonchev–Trinajstić information content (AvgIpc) is 2.64. The van der Waals surface area contributed by atoms with Crippen molar-refractivity contribution in [1.82, 2.24) is 5.32 Å². The van der Waals surface area contributed by atoms with E-state index in [9.17, 15) is 14.9 Å². The van der Waals surface area contributed by atoms with Crippen molar-refractivity contribution in [1.29, 1.82) is 0 Å². The van der Waals surface area contributed by atoms with E-state index in [1.165, 1.54) is 28.7 Å². The van der Waals surface area contributed by atoms with Crippen LogP contribution in [0.4, 0.5) is 5.69 Å². The summed E-state index contributed by atoms with van der Waals surface area (Å²) in [4.78, 5) is 24.1. The molecule has 0 aromatic heterocycles. The Bertz CT molecular complexity index is 791. The van der Waals surface area contributed by atoms with Gasteiger partial charge < -0.3 is 10.2 Å². The van der Waals surface area contributed by atoms with Gasteiger partial charge in [0.2, 0.25) is 0 Å². The summed E-state index contributed by atoms with van der Waals surface area (Å²) in [6.07, 6.45) is 0. The highest BCUT2D eigenvalue weighted by Crippen LogP contribution is 2.22. The normalized spacial score (nSPS) is 10.8. The van der Waals surface area contributed by atoms with Crippen molar-refractivity contribution in [2.45, 2.75) is 26.9 Å². The minimum atomic E-state index is -0.542. The number of nitro benzene ring substituents is 1. The van der Waals surface area contributed by atoms with Crippen LogP contribution in [0.3, 0.4) is 0 Å². The molecule has 7 heteroatoms. The maximum Gasteiger partial charge on any atom is 0.270 e. The van der Waals surface area contributed by atoms with Crippen LogP contribution >= 0.6 is 11.6 Å². The summed E-state index contributed by atoms with van der Waals surface area (Å²) in [7, 11) is 0. The molecular weight excluding hydrogens is 354 g/mol. The molecule has 1 amide bonds. The van der Waals surface area contributed by atoms with E-state index in [2.05, 4.69) is 25.2 Å². The smallest absolute Gasteiger partial charge is 0.270 e. The van der Waals surface area contributed by atoms with Crippen molar-refractivity contribution >= 4 is 23.2 Å². The van der Waals surface area contributed by atoms with Gasteiger partial charge in [0.05, 0.1) is 28.6 Å². The van der Waals surface area contributed by atoms with E-state index in [4.69, 9.17) is 11.6 Å². The van der Waals surface area contributed by atoms with Crippen LogP contribution in [0.1, 0.15) is 35.3 Å². The largest absolute Gasteiger partial charge is 0.348 e. The summed E-state index contributed by atoms with van der Waals surface area (Å²) in [5, 5.41) is 13.7. The van der Waals surface area contributed by atoms with Crippen molar-refractivity contribution in [2.75, 3.05) is 13.1 Å². The highest BCUT2D eigenvalue weighted by Gasteiger charge is 2.15. The van der Waals surface area contributed by atoms with Gasteiger partial charge in [-0.1, -0.05) is 35.9 Å². The first kappa shape index (κ1) is 19.9. The van der Waals surface area contributed by atoms with Gasteiger partial charge in [0.1, 0.15) is 6.54 Å². The van der Waals surface area contributed by atoms with Gasteiger partial charge in [-0.2, -0.15) is 0 Å². The van der Waals surface area contributed by atoms with E-state index >= 15 is 0 Å². The first-order chi connectivity index (χ1) is 12.5. The predicted molar refractivity (Wildman–Crippen MR) is 101 cm³/mol. The van der Waals surface area contributed by atoms with Gasteiger partial charge in [-0.05, 0) is 25.5 Å². The number of carbonyl (C=O) groups is 1. The van der Waals surface area contributed by atoms with Crippen LogP contribution in [0, 0.1) is 10.1 Å². The maximum atomic E-state index is 12.4. The van der Waals surface area contributed by atoms with Crippen molar-refractivity contribution in [2.24, 2.45) is 0 Å². The zero-order valence-electron chi connectivity index (χ0n) is 14.9. The second kappa shape index (κ2) is 9.31. The fourth-order valence-corrected chi connectivity index (χ4v) is 3.00. The lowest BCUT2D eigenvalue weighted by Crippen LogP contribution is -3.10. The molecule has 0 unspecified atom stereocenters. The number of nitro groups is 1. The van der Waals surface area contributed by atoms with Crippen molar-refractivity contribution in [3.8, 4) is 0 Å². The first-order valence-electron chi connectivity index (χ1n) is 8.58. The molecule has 26 heavy (non-hydrogen) atoms. The number of non-ortho nitro benzene ring substituents is 1. The monoisotopic (exact) mass is 376 g/mol. The van der Waals surface area contributed by atoms with E-state index in [1.54, 1.807) is 0 Å². The summed E-state index contributed by atoms with van der Waals surface area (Å²) >= 11 is 6.02. The molecule has 0 atom stereocenters. The molecule has 0 spiro atoms. The summed E-state index contributed by atoms with van der Waals surface area (Å²) in [6.45, 7) is 7.66. The lowest BCUT2D eigenvalue weighted by Gasteiger charge is -2.18. The van der Waals surface area contributed by atoms with Crippen LogP contribution in [-0.4, -0.2) is 23.9 Å². The Balaban J connectivity index is 2.09. The summed E-state index contributed by atoms with van der Waals surface area (Å²) in [5.41, 5.74) is 2.34. The van der Waals surface area contributed by atoms with Crippen LogP contribution in [0.25, 0.3) is 0 Å². The molecule has 0 aliphatic carbocycles. The Morgan fingerprint density at radius 2 is 1.81 bits per heavy atom. The first-order valence-corrected chi connectivity index (χ1v) is 8.96. The van der Waals surface area contributed by atoms with Gasteiger partial charge in [-0.25, -0.2) is 0 Å². The van der Waals surface area contributed by atoms with Crippen LogP contribution in [0.2, 0.25) is 5.02 Å². The fourth-order valence-electron chi connectivity index (χ4n) is 2.74. The molecular formula is C19H23ClN3O3+. The topological polar surface area (TPSA) is 76.7 Å². The van der Waals surface area contributed by atoms with E-state index in [0.717, 1.165) is 25.2 Å². The Morgan fingerprint density at radius 3 is 2.38 bits per heavy atom. The van der Waals surface area contributed by atoms with Gasteiger partial charge in [0.15, 0.2) is 0 Å². The summed E-state index contributed by atoms with van der Waals surface area (Å²) in [6, 6.07) is 11.9. The van der Waals surface area contributed by atoms with E-state index < -0.39 is 4.92 Å². The molecule has 0 saturated carbocycles. The van der Waals surface area contributed by atoms with Crippen LogP contribution in [0.5, 0.6) is 0 Å². The number of carbonyl (C=O) groups excluding carboxylic acids is 1. The molecule has 2 aromatic rings. The molecule has 2 aromatic carbocycles. The molecule has 6 nitrogen and oxygen atoms in total. The average molecular weight is 377 g/mol. The lowest BCUT2D eigenvalue weighted by atomic mass is 10.1. The van der Waals surface area contributed by atoms with E-state index in [1.807, 2.05) is 18.2 Å². The van der Waals surface area contributed by atoms with Crippen LogP contribution in [0.15, 0.2) is 42.5 Å². The number of hydrogen-bond donors (Lipinski definition) is 2. The van der Waals surface area contributed by atoms with Crippen LogP contribution < -0.4 is 10.2 Å². The molecule has 0 aliphatic rings. The number of rotatable bonds is 8. The Morgan fingerprint density at radius 1 is 1.15 bits per heavy atom. The molecule has 2 rings (SSSR count). The quantitative estimate of drug-likeness (QED) is 0.549. The van der Waals surface area contributed by atoms with Crippen molar-refractivity contribution in [3.05, 3.63) is 74.3 Å². The van der Waals surface area contributed by atoms with Crippen LogP contribution in [-0.2, 0) is 13.1 Å². The Labute approximate surface area is 157 Å². The molecule has 0 aliphatic heterocycles. The van der Waals surface area contributed by atoms with Gasteiger partial charge in [-0.15, -0.1) is 0 Å². The highest BCUT2D eigenvalue weighted by atomic mass is 35.5. The number of amides is 1. The molecule has 0 radical (unpaired) electrons. The summed E-state index contributed by atoms with van der Waals surface area (Å²) in [5.74, 6) is -0.352. The Kier molecular flexibility index (Phi) is 7.12. The SMILES string of the molecule is CC[NH+](CC)Cc1ccccc1CNC(=O)c1ccc([N+](=O)[O-])cc1Cl. The van der Waals surface area contributed by atoms with Crippen molar-refractivity contribution in [3.63, 3.8) is 0 Å². The Hall–Kier alpha value is -2.44. The molecule has 0 bridgehead atoms. The molecule has 0 heterocycles. The standard InChI is InChI=1S/C19H22ClN3O3/c1-3-22(4-2)13-15-8-6-5-7-14(15)12-21-19(24)17-10-9-16(23(25)26)11-18(17)20/h5-11H,3-4,12-13H2,1-2H3,(H,21,24)/p+1. The summed E-state index contributed by atoms with van der Waals surface area (Å²) < 4.78 is 0. The number of halogens is 1. The second-order valence-electron chi connectivity index (χ2n) is 6.01. The maximum absolute atomic E-state index is 12.4. The zero-order chi connectivity index (χ0) is 19.1. The van der Waals surface area contributed by atoms with E-state index in [-0.39, 0.29) is 22.2 Å². The third-order valence-electron chi connectivity index (χ3n) is 4.41. The van der Waals surface area contributed by atoms with Gasteiger partial charge in [-0.3, -0.25) is 14.9 Å². The number of nitrogens with zero attached hydrogens (tertiary/aromatic N) is 1. The third-order valence-corrected chi connectivity index (χ3v) is 4.72. The van der Waals surface area contributed by atoms with E-state index in [0.29, 0.717) is 6.54 Å². The molecule has 0 saturated heterocycles. The van der Waals surface area contributed by atoms with Gasteiger partial charge in [0.25, 0.3) is 11.6 Å². The fraction of sp³-hybridized carbons (Fsp3) is 0.316. The third kappa shape index (κ3) is 5.03. The van der Waals surface area contributed by atoms with Crippen molar-refractivity contribution < 1.29 is 14.6 Å². The van der Waals surface area contributed by atoms with Gasteiger partial charge >= 0.3 is 0 Å². The zero-order valence-corrected chi connectivity index (χ0v) is 15.7. The van der Waals surface area contributed by atoms with Gasteiger partial charge in [0, 0.05) is 24.2 Å². The molecule has 2 N–H and O–H groups in total. The predicted octanol–water partition coefficient (Wildman–Crippen LogP) is 2.60. The second-order valence-corrected chi connectivity index (χ2v) is 6.41. The number of benzene rings is 2. The minimum Gasteiger partial charge on any atom is -0.348 e. The molecule has 138 valence electrons. The number of hydrogen-bond acceptors (Lipinski definition) is 3. The lowest BCUT2D eigenvalue weighted by molar-refractivity contribution is -0.910. The highest BCUT2D eigenvalue weighted by molar-refractivity contribution is 6.34. The number of quaternary nitrogens is 1. The number of nitrogens with one attached hydrogen (secondary N) is 2. The minimum absolute atomic E-state index is 0.0672.